The van der Waals surface area contributed by atoms with E-state index in [1.165, 1.54) is 12.1 Å². The number of H-pyrrole nitrogens is 1. The van der Waals surface area contributed by atoms with Gasteiger partial charge in [0.1, 0.15) is 11.6 Å². The van der Waals surface area contributed by atoms with Crippen molar-refractivity contribution >= 4 is 10.8 Å². The Morgan fingerprint density at radius 1 is 1.22 bits per heavy atom. The maximum atomic E-state index is 13.6. The lowest BCUT2D eigenvalue weighted by Gasteiger charge is -2.30. The van der Waals surface area contributed by atoms with Crippen LogP contribution in [0.5, 0.6) is 5.75 Å². The van der Waals surface area contributed by atoms with E-state index in [1.807, 2.05) is 24.3 Å². The van der Waals surface area contributed by atoms with E-state index >= 15 is 0 Å². The summed E-state index contributed by atoms with van der Waals surface area (Å²) in [4.78, 5) is 15.2. The molecule has 0 saturated carbocycles. The van der Waals surface area contributed by atoms with E-state index in [4.69, 9.17) is 9.47 Å². The average molecular weight is 368 g/mol. The minimum absolute atomic E-state index is 0.0536. The Bertz CT molecular complexity index is 1030. The lowest BCUT2D eigenvalue weighted by molar-refractivity contribution is 0.0767. The molecule has 0 fully saturated rings. The maximum absolute atomic E-state index is 13.6. The van der Waals surface area contributed by atoms with Crippen molar-refractivity contribution in [1.82, 2.24) is 10.3 Å². The third kappa shape index (κ3) is 3.34. The first-order valence-electron chi connectivity index (χ1n) is 8.89. The molecule has 3 aromatic rings. The fraction of sp³-hybridized carbons (Fsp3) is 0.286. The molecule has 27 heavy (non-hydrogen) atoms. The Kier molecular flexibility index (Phi) is 4.68. The fourth-order valence-electron chi connectivity index (χ4n) is 3.67. The highest BCUT2D eigenvalue weighted by atomic mass is 19.1. The highest BCUT2D eigenvalue weighted by Gasteiger charge is 2.26. The van der Waals surface area contributed by atoms with Gasteiger partial charge in [-0.15, -0.1) is 0 Å². The maximum Gasteiger partial charge on any atom is 0.256 e. The highest BCUT2D eigenvalue weighted by Crippen LogP contribution is 2.31. The predicted octanol–water partition coefficient (Wildman–Crippen LogP) is 3.60. The van der Waals surface area contributed by atoms with Crippen molar-refractivity contribution in [3.63, 3.8) is 0 Å². The zero-order chi connectivity index (χ0) is 19.0. The number of pyridine rings is 1. The summed E-state index contributed by atoms with van der Waals surface area (Å²) in [5.74, 6) is 0.388. The van der Waals surface area contributed by atoms with E-state index in [9.17, 15) is 9.18 Å². The lowest BCUT2D eigenvalue weighted by Crippen LogP contribution is -2.33. The summed E-state index contributed by atoms with van der Waals surface area (Å²) in [5, 5.41) is 4.70. The molecule has 1 aliphatic rings. The zero-order valence-electron chi connectivity index (χ0n) is 15.2. The second-order valence-corrected chi connectivity index (χ2v) is 6.77. The number of rotatable bonds is 4. The van der Waals surface area contributed by atoms with Crippen LogP contribution >= 0.6 is 0 Å². The van der Waals surface area contributed by atoms with Crippen molar-refractivity contribution in [3.05, 3.63) is 75.5 Å². The fourth-order valence-corrected chi connectivity index (χ4v) is 3.67. The second-order valence-electron chi connectivity index (χ2n) is 6.77. The summed E-state index contributed by atoms with van der Waals surface area (Å²) in [6.07, 6.45) is 0. The number of hydrogen-bond acceptors (Lipinski definition) is 4. The van der Waals surface area contributed by atoms with Crippen LogP contribution in [0.25, 0.3) is 10.8 Å². The molecule has 0 spiro atoms. The van der Waals surface area contributed by atoms with Gasteiger partial charge in [-0.05, 0) is 42.1 Å². The Balaban J connectivity index is 1.71. The normalized spacial score (nSPS) is 17.5. The molecule has 2 atom stereocenters. The van der Waals surface area contributed by atoms with Gasteiger partial charge in [0.2, 0.25) is 0 Å². The third-order valence-electron chi connectivity index (χ3n) is 5.05. The molecule has 0 unspecified atom stereocenters. The molecule has 5 nitrogen and oxygen atoms in total. The molecule has 0 saturated heterocycles. The molecule has 2 heterocycles. The summed E-state index contributed by atoms with van der Waals surface area (Å²) in [6.45, 7) is 2.89. The van der Waals surface area contributed by atoms with Crippen molar-refractivity contribution in [2.45, 2.75) is 25.6 Å². The summed E-state index contributed by atoms with van der Waals surface area (Å²) in [5.41, 5.74) is 2.53. The van der Waals surface area contributed by atoms with Crippen LogP contribution in [0.2, 0.25) is 0 Å². The van der Waals surface area contributed by atoms with Crippen LogP contribution in [-0.4, -0.2) is 18.7 Å². The molecule has 4 rings (SSSR count). The van der Waals surface area contributed by atoms with E-state index in [2.05, 4.69) is 17.2 Å². The predicted molar refractivity (Wildman–Crippen MR) is 101 cm³/mol. The van der Waals surface area contributed by atoms with E-state index < -0.39 is 5.82 Å². The molecule has 0 radical (unpaired) electrons. The van der Waals surface area contributed by atoms with Crippen LogP contribution in [-0.2, 0) is 11.3 Å². The van der Waals surface area contributed by atoms with Gasteiger partial charge in [0.05, 0.1) is 31.8 Å². The molecule has 1 aliphatic heterocycles. The van der Waals surface area contributed by atoms with Gasteiger partial charge in [-0.2, -0.15) is 0 Å². The Morgan fingerprint density at radius 3 is 2.74 bits per heavy atom. The van der Waals surface area contributed by atoms with Crippen molar-refractivity contribution in [3.8, 4) is 5.75 Å². The number of methoxy groups -OCH3 is 1. The number of nitrogens with one attached hydrogen (secondary N) is 2. The monoisotopic (exact) mass is 368 g/mol. The van der Waals surface area contributed by atoms with Crippen molar-refractivity contribution in [1.29, 1.82) is 0 Å². The van der Waals surface area contributed by atoms with Crippen molar-refractivity contribution in [2.75, 3.05) is 13.7 Å². The molecule has 0 aliphatic carbocycles. The number of benzene rings is 2. The zero-order valence-corrected chi connectivity index (χ0v) is 15.2. The number of halogens is 1. The van der Waals surface area contributed by atoms with Crippen LogP contribution in [0, 0.1) is 5.82 Å². The van der Waals surface area contributed by atoms with E-state index in [0.717, 1.165) is 28.0 Å². The Hall–Kier alpha value is -2.70. The van der Waals surface area contributed by atoms with Gasteiger partial charge in [0.15, 0.2) is 0 Å². The number of ether oxygens (including phenoxy) is 2. The van der Waals surface area contributed by atoms with Crippen LogP contribution in [0.1, 0.15) is 35.8 Å². The van der Waals surface area contributed by atoms with Crippen LogP contribution < -0.4 is 15.6 Å². The summed E-state index contributed by atoms with van der Waals surface area (Å²) < 4.78 is 24.5. The third-order valence-corrected chi connectivity index (χ3v) is 5.05. The summed E-state index contributed by atoms with van der Waals surface area (Å²) in [6, 6.07) is 12.2. The standard InChI is InChI=1S/C21H21FN2O3/c1-12(13-3-6-15(26-2)7-4-13)23-18-10-27-11-19-20(18)16-8-5-14(22)9-17(16)21(25)24-19/h3-9,12,18,23H,10-11H2,1-2H3,(H,24,25)/t12-,18+/m1/s1. The topological polar surface area (TPSA) is 63.4 Å². The summed E-state index contributed by atoms with van der Waals surface area (Å²) in [7, 11) is 1.64. The molecule has 2 N–H and O–H groups in total. The minimum atomic E-state index is -0.420. The number of aromatic nitrogens is 1. The largest absolute Gasteiger partial charge is 0.497 e. The Morgan fingerprint density at radius 2 is 2.00 bits per heavy atom. The SMILES string of the molecule is COc1ccc([C@@H](C)N[C@H]2COCc3[nH]c(=O)c4cc(F)ccc4c32)cc1. The molecular formula is C21H21FN2O3. The highest BCUT2D eigenvalue weighted by molar-refractivity contribution is 5.86. The van der Waals surface area contributed by atoms with Crippen LogP contribution in [0.3, 0.4) is 0 Å². The van der Waals surface area contributed by atoms with Crippen LogP contribution in [0.15, 0.2) is 47.3 Å². The quantitative estimate of drug-likeness (QED) is 0.739. The lowest BCUT2D eigenvalue weighted by atomic mass is 9.95. The first kappa shape index (κ1) is 17.7. The second kappa shape index (κ2) is 7.13. The van der Waals surface area contributed by atoms with Crippen molar-refractivity contribution < 1.29 is 13.9 Å². The van der Waals surface area contributed by atoms with Gasteiger partial charge in [-0.3, -0.25) is 4.79 Å². The van der Waals surface area contributed by atoms with Gasteiger partial charge in [0.25, 0.3) is 5.56 Å². The molecule has 1 aromatic heterocycles. The van der Waals surface area contributed by atoms with E-state index in [-0.39, 0.29) is 17.6 Å². The number of aromatic amines is 1. The molecule has 140 valence electrons. The van der Waals surface area contributed by atoms with Gasteiger partial charge < -0.3 is 19.8 Å². The smallest absolute Gasteiger partial charge is 0.256 e. The van der Waals surface area contributed by atoms with Gasteiger partial charge >= 0.3 is 0 Å². The number of hydrogen-bond donors (Lipinski definition) is 2. The first-order valence-corrected chi connectivity index (χ1v) is 8.89. The molecule has 6 heteroatoms. The molecule has 2 aromatic carbocycles. The molecule has 0 amide bonds. The van der Waals surface area contributed by atoms with E-state index in [1.54, 1.807) is 13.2 Å². The van der Waals surface area contributed by atoms with Crippen molar-refractivity contribution in [2.24, 2.45) is 0 Å². The summed E-state index contributed by atoms with van der Waals surface area (Å²) >= 11 is 0. The molecule has 0 bridgehead atoms. The first-order chi connectivity index (χ1) is 13.1. The van der Waals surface area contributed by atoms with Gasteiger partial charge in [0, 0.05) is 17.3 Å². The van der Waals surface area contributed by atoms with Gasteiger partial charge in [-0.1, -0.05) is 18.2 Å². The Labute approximate surface area is 156 Å². The molecular weight excluding hydrogens is 347 g/mol. The van der Waals surface area contributed by atoms with E-state index in [0.29, 0.717) is 18.6 Å². The minimum Gasteiger partial charge on any atom is -0.497 e. The number of fused-ring (bicyclic) bond motifs is 3. The van der Waals surface area contributed by atoms with Crippen LogP contribution in [0.4, 0.5) is 4.39 Å². The average Bonchev–Trinajstić information content (AvgIpc) is 2.68. The van der Waals surface area contributed by atoms with Gasteiger partial charge in [-0.25, -0.2) is 4.39 Å².